The van der Waals surface area contributed by atoms with Crippen LogP contribution >= 0.6 is 0 Å². The van der Waals surface area contributed by atoms with Crippen LogP contribution < -0.4 is 14.4 Å². The fourth-order valence-electron chi connectivity index (χ4n) is 5.13. The molecule has 0 radical (unpaired) electrons. The summed E-state index contributed by atoms with van der Waals surface area (Å²) in [6.07, 6.45) is 0.943. The number of hydrogen-bond donors (Lipinski definition) is 0. The number of para-hydroxylation sites is 1. The molecule has 6 nitrogen and oxygen atoms in total. The molecule has 216 valence electrons. The van der Waals surface area contributed by atoms with Crippen molar-refractivity contribution >= 4 is 23.0 Å². The number of aliphatic imine (C=N–C) groups is 1. The van der Waals surface area contributed by atoms with Gasteiger partial charge in [-0.3, -0.25) is 9.79 Å². The Morgan fingerprint density at radius 2 is 1.52 bits per heavy atom. The van der Waals surface area contributed by atoms with Crippen LogP contribution in [0.4, 0.5) is 11.4 Å². The third kappa shape index (κ3) is 6.82. The van der Waals surface area contributed by atoms with E-state index in [1.165, 1.54) is 0 Å². The van der Waals surface area contributed by atoms with Gasteiger partial charge in [-0.05, 0) is 91.1 Å². The highest BCUT2D eigenvalue weighted by Gasteiger charge is 2.23. The first-order valence-corrected chi connectivity index (χ1v) is 14.7. The number of ether oxygens (including phenoxy) is 2. The first-order chi connectivity index (χ1) is 20.4. The minimum atomic E-state index is 0.0455. The highest BCUT2D eigenvalue weighted by molar-refractivity contribution is 6.04. The van der Waals surface area contributed by atoms with Crippen LogP contribution in [0, 0.1) is 12.8 Å². The highest BCUT2D eigenvalue weighted by atomic mass is 16.5. The predicted molar refractivity (Wildman–Crippen MR) is 171 cm³/mol. The zero-order valence-electron chi connectivity index (χ0n) is 24.9. The maximum atomic E-state index is 13.6. The summed E-state index contributed by atoms with van der Waals surface area (Å²) in [4.78, 5) is 23.0. The molecule has 5 rings (SSSR count). The number of carbonyl (C=O) groups is 1. The second kappa shape index (κ2) is 13.4. The average molecular weight is 562 g/mol. The van der Waals surface area contributed by atoms with Gasteiger partial charge in [0.2, 0.25) is 0 Å². The van der Waals surface area contributed by atoms with E-state index in [0.717, 1.165) is 65.0 Å². The van der Waals surface area contributed by atoms with Crippen LogP contribution in [0.25, 0.3) is 0 Å². The van der Waals surface area contributed by atoms with Crippen LogP contribution in [0.2, 0.25) is 0 Å². The van der Waals surface area contributed by atoms with Crippen molar-refractivity contribution in [3.63, 3.8) is 0 Å². The molecular weight excluding hydrogens is 522 g/mol. The molecule has 1 unspecified atom stereocenters. The Hall–Kier alpha value is -4.58. The maximum absolute atomic E-state index is 13.6. The molecule has 1 saturated heterocycles. The zero-order chi connectivity index (χ0) is 29.5. The Morgan fingerprint density at radius 3 is 2.21 bits per heavy atom. The van der Waals surface area contributed by atoms with Crippen molar-refractivity contribution in [1.82, 2.24) is 4.90 Å². The molecule has 1 aliphatic rings. The van der Waals surface area contributed by atoms with Gasteiger partial charge >= 0.3 is 0 Å². The summed E-state index contributed by atoms with van der Waals surface area (Å²) < 4.78 is 11.4. The fraction of sp³-hybridized carbons (Fsp3) is 0.278. The van der Waals surface area contributed by atoms with Crippen LogP contribution in [-0.2, 0) is 0 Å². The van der Waals surface area contributed by atoms with Crippen molar-refractivity contribution in [1.29, 1.82) is 0 Å². The normalized spacial score (nSPS) is 14.4. The number of methoxy groups -OCH3 is 1. The second-order valence-electron chi connectivity index (χ2n) is 10.7. The smallest absolute Gasteiger partial charge is 0.254 e. The van der Waals surface area contributed by atoms with Crippen LogP contribution in [-0.4, -0.2) is 49.8 Å². The molecule has 0 aromatic heterocycles. The summed E-state index contributed by atoms with van der Waals surface area (Å²) >= 11 is 0. The summed E-state index contributed by atoms with van der Waals surface area (Å²) in [6.45, 7) is 9.32. The molecule has 42 heavy (non-hydrogen) atoms. The molecule has 4 aromatic rings. The number of carbonyl (C=O) groups excluding carboxylic acids is 1. The predicted octanol–water partition coefficient (Wildman–Crippen LogP) is 7.93. The Balaban J connectivity index is 1.35. The van der Waals surface area contributed by atoms with Crippen molar-refractivity contribution in [2.24, 2.45) is 10.9 Å². The topological polar surface area (TPSA) is 54.4 Å². The first kappa shape index (κ1) is 28.9. The molecular formula is C36H39N3O3. The number of nitrogens with zero attached hydrogens (tertiary/aromatic N) is 3. The van der Waals surface area contributed by atoms with E-state index in [9.17, 15) is 4.79 Å². The van der Waals surface area contributed by atoms with Crippen LogP contribution in [0.1, 0.15) is 41.8 Å². The van der Waals surface area contributed by atoms with Crippen LogP contribution in [0.15, 0.2) is 102 Å². The van der Waals surface area contributed by atoms with Gasteiger partial charge in [-0.2, -0.15) is 0 Å². The molecule has 0 N–H and O–H groups in total. The van der Waals surface area contributed by atoms with Gasteiger partial charge in [0.15, 0.2) is 0 Å². The maximum Gasteiger partial charge on any atom is 0.254 e. The molecule has 0 saturated carbocycles. The standard InChI is InChI=1S/C36H39N3O3/c1-5-26(2)35(28-10-9-13-33(24-28)42-32-11-7-6-8-12-32)37-34-25-29(15-14-27(34)3)36(40)39-22-20-38(21-23-39)30-16-18-31(41-4)19-17-30/h6-19,24-26H,5,20-23H2,1-4H3. The molecule has 0 aliphatic carbocycles. The van der Waals surface area contributed by atoms with E-state index in [-0.39, 0.29) is 11.8 Å². The number of piperazine rings is 1. The Morgan fingerprint density at radius 1 is 0.810 bits per heavy atom. The number of hydrogen-bond acceptors (Lipinski definition) is 5. The van der Waals surface area contributed by atoms with Gasteiger partial charge < -0.3 is 19.3 Å². The van der Waals surface area contributed by atoms with Crippen molar-refractivity contribution in [3.8, 4) is 17.2 Å². The lowest BCUT2D eigenvalue weighted by Gasteiger charge is -2.36. The molecule has 1 fully saturated rings. The van der Waals surface area contributed by atoms with E-state index in [1.54, 1.807) is 7.11 Å². The zero-order valence-corrected chi connectivity index (χ0v) is 24.9. The molecule has 6 heteroatoms. The summed E-state index contributed by atoms with van der Waals surface area (Å²) in [5.74, 6) is 2.67. The average Bonchev–Trinajstić information content (AvgIpc) is 3.04. The van der Waals surface area contributed by atoms with E-state index >= 15 is 0 Å². The quantitative estimate of drug-likeness (QED) is 0.195. The molecule has 1 heterocycles. The molecule has 1 atom stereocenters. The summed E-state index contributed by atoms with van der Waals surface area (Å²) in [7, 11) is 1.67. The van der Waals surface area contributed by atoms with E-state index in [1.807, 2.05) is 90.7 Å². The monoisotopic (exact) mass is 561 g/mol. The van der Waals surface area contributed by atoms with Gasteiger partial charge in [0, 0.05) is 37.4 Å². The van der Waals surface area contributed by atoms with E-state index < -0.39 is 0 Å². The molecule has 1 amide bonds. The first-order valence-electron chi connectivity index (χ1n) is 14.7. The molecule has 1 aliphatic heterocycles. The lowest BCUT2D eigenvalue weighted by Crippen LogP contribution is -2.48. The van der Waals surface area contributed by atoms with Crippen LogP contribution in [0.3, 0.4) is 0 Å². The molecule has 0 bridgehead atoms. The van der Waals surface area contributed by atoms with Crippen molar-refractivity contribution in [2.45, 2.75) is 27.2 Å². The number of rotatable bonds is 9. The van der Waals surface area contributed by atoms with Crippen LogP contribution in [0.5, 0.6) is 17.2 Å². The third-order valence-corrected chi connectivity index (χ3v) is 7.89. The lowest BCUT2D eigenvalue weighted by atomic mass is 9.95. The van der Waals surface area contributed by atoms with Crippen molar-refractivity contribution in [3.05, 3.63) is 114 Å². The van der Waals surface area contributed by atoms with E-state index in [4.69, 9.17) is 14.5 Å². The van der Waals surface area contributed by atoms with Gasteiger partial charge in [-0.25, -0.2) is 0 Å². The van der Waals surface area contributed by atoms with Gasteiger partial charge in [-0.1, -0.05) is 50.2 Å². The lowest BCUT2D eigenvalue weighted by molar-refractivity contribution is 0.0747. The summed E-state index contributed by atoms with van der Waals surface area (Å²) in [6, 6.07) is 31.8. The van der Waals surface area contributed by atoms with Gasteiger partial charge in [0.1, 0.15) is 17.2 Å². The summed E-state index contributed by atoms with van der Waals surface area (Å²) in [5, 5.41) is 0. The van der Waals surface area contributed by atoms with Gasteiger partial charge in [0.05, 0.1) is 18.5 Å². The Labute approximate surface area is 249 Å². The van der Waals surface area contributed by atoms with Crippen molar-refractivity contribution in [2.75, 3.05) is 38.2 Å². The number of amides is 1. The molecule has 4 aromatic carbocycles. The van der Waals surface area contributed by atoms with Gasteiger partial charge in [-0.15, -0.1) is 0 Å². The number of anilines is 1. The fourth-order valence-corrected chi connectivity index (χ4v) is 5.13. The third-order valence-electron chi connectivity index (χ3n) is 7.89. The second-order valence-corrected chi connectivity index (χ2v) is 10.7. The largest absolute Gasteiger partial charge is 0.497 e. The Kier molecular flexibility index (Phi) is 9.22. The number of benzene rings is 4. The number of aryl methyl sites for hydroxylation is 1. The minimum absolute atomic E-state index is 0.0455. The summed E-state index contributed by atoms with van der Waals surface area (Å²) in [5.41, 5.74) is 5.67. The Bertz CT molecular complexity index is 1520. The van der Waals surface area contributed by atoms with Gasteiger partial charge in [0.25, 0.3) is 5.91 Å². The molecule has 0 spiro atoms. The SMILES string of the molecule is CCC(C)C(=Nc1cc(C(=O)N2CCN(c3ccc(OC)cc3)CC2)ccc1C)c1cccc(Oc2ccccc2)c1. The minimum Gasteiger partial charge on any atom is -0.497 e. The van der Waals surface area contributed by atoms with Crippen molar-refractivity contribution < 1.29 is 14.3 Å². The van der Waals surface area contributed by atoms with E-state index in [0.29, 0.717) is 18.7 Å². The highest BCUT2D eigenvalue weighted by Crippen LogP contribution is 2.28. The van der Waals surface area contributed by atoms with E-state index in [2.05, 4.69) is 36.9 Å².